The number of pyridine rings is 1. The Morgan fingerprint density at radius 1 is 0.694 bits per heavy atom. The number of nitrogens with zero attached hydrogens (tertiary/aromatic N) is 4. The second-order valence-electron chi connectivity index (χ2n) is 12.8. The van der Waals surface area contributed by atoms with E-state index in [4.69, 9.17) is 4.74 Å². The zero-order valence-corrected chi connectivity index (χ0v) is 30.1. The molecule has 0 bridgehead atoms. The van der Waals surface area contributed by atoms with E-state index >= 15 is 0 Å². The molecule has 0 fully saturated rings. The van der Waals surface area contributed by atoms with Crippen LogP contribution >= 0.6 is 0 Å². The summed E-state index contributed by atoms with van der Waals surface area (Å²) in [5, 5.41) is 0. The zero-order chi connectivity index (χ0) is 34.0. The average molecular weight is 820 g/mol. The van der Waals surface area contributed by atoms with Crippen LogP contribution in [0.4, 0.5) is 17.1 Å². The van der Waals surface area contributed by atoms with Gasteiger partial charge in [0.2, 0.25) is 0 Å². The molecule has 0 atom stereocenters. The van der Waals surface area contributed by atoms with E-state index in [2.05, 4.69) is 187 Å². The number of anilines is 3. The van der Waals surface area contributed by atoms with Gasteiger partial charge in [-0.1, -0.05) is 20.8 Å². The molecule has 0 aliphatic heterocycles. The summed E-state index contributed by atoms with van der Waals surface area (Å²) in [5.41, 5.74) is 9.14. The summed E-state index contributed by atoms with van der Waals surface area (Å²) in [6.45, 7) is 6.56. The van der Waals surface area contributed by atoms with Gasteiger partial charge in [0.15, 0.2) is 0 Å². The number of hydrogen-bond donors (Lipinski definition) is 0. The summed E-state index contributed by atoms with van der Waals surface area (Å²) < 4.78 is 11.7. The second-order valence-corrected chi connectivity index (χ2v) is 13.9. The molecule has 7 rings (SSSR count). The van der Waals surface area contributed by atoms with E-state index in [1.165, 1.54) is 0 Å². The predicted molar refractivity (Wildman–Crippen MR) is 194 cm³/mol. The van der Waals surface area contributed by atoms with Gasteiger partial charge in [0.25, 0.3) is 0 Å². The van der Waals surface area contributed by atoms with Crippen molar-refractivity contribution in [2.45, 2.75) is 26.2 Å². The first-order valence-electron chi connectivity index (χ1n) is 16.2. The van der Waals surface area contributed by atoms with Gasteiger partial charge in [0, 0.05) is 6.20 Å². The first kappa shape index (κ1) is 32.3. The number of hydrogen-bond acceptors (Lipinski definition) is 3. The number of aryl methyl sites for hydroxylation is 1. The number of aromatic nitrogens is 3. The Bertz CT molecular complexity index is 2230. The SMILES string of the molecule is Cn1ccn(-c2[c-]c(N(c3[c-]c(Oc4cc(C(C)(C)C)ccn4)ccc3)c3c(-c4ccccc4)cccc3-c3ccccc3)ccc2)[c]1=[Pt]. The van der Waals surface area contributed by atoms with Crippen LogP contribution in [0.1, 0.15) is 26.3 Å². The van der Waals surface area contributed by atoms with Crippen LogP contribution in [-0.4, -0.2) is 14.1 Å². The van der Waals surface area contributed by atoms with Crippen LogP contribution in [-0.2, 0) is 31.8 Å². The van der Waals surface area contributed by atoms with Crippen LogP contribution in [0.25, 0.3) is 27.9 Å². The maximum atomic E-state index is 6.41. The molecule has 5 nitrogen and oxygen atoms in total. The number of para-hydroxylation sites is 1. The average Bonchev–Trinajstić information content (AvgIpc) is 3.46. The van der Waals surface area contributed by atoms with Crippen molar-refractivity contribution < 1.29 is 24.1 Å². The Balaban J connectivity index is 1.46. The van der Waals surface area contributed by atoms with E-state index in [1.54, 1.807) is 6.20 Å². The van der Waals surface area contributed by atoms with Crippen LogP contribution in [0.2, 0.25) is 0 Å². The van der Waals surface area contributed by atoms with Crippen LogP contribution in [0.5, 0.6) is 11.6 Å². The molecule has 0 aliphatic rings. The summed E-state index contributed by atoms with van der Waals surface area (Å²) in [6.07, 6.45) is 5.92. The van der Waals surface area contributed by atoms with E-state index in [0.29, 0.717) is 11.6 Å². The third kappa shape index (κ3) is 6.86. The van der Waals surface area contributed by atoms with Gasteiger partial charge in [-0.3, -0.25) is 0 Å². The van der Waals surface area contributed by atoms with Crippen LogP contribution in [0.15, 0.2) is 146 Å². The van der Waals surface area contributed by atoms with Crippen LogP contribution < -0.4 is 9.64 Å². The normalized spacial score (nSPS) is 11.4. The molecule has 0 unspecified atom stereocenters. The Kier molecular flexibility index (Phi) is 9.03. The molecule has 0 radical (unpaired) electrons. The standard InChI is InChI=1S/C43H36N4O.Pt/c1-43(2,3)34-24-25-44-41(28-34)48-38-21-12-20-37(30-38)47(36-19-11-18-35(29-36)46-27-26-45(4)31-46)42-39(32-14-7-5-8-15-32)22-13-23-40(42)33-16-9-6-10-17-33;/h5-28H,1-4H3;/q-2;. The van der Waals surface area contributed by atoms with Gasteiger partial charge in [0.05, 0.1) is 0 Å². The van der Waals surface area contributed by atoms with Gasteiger partial charge in [-0.15, -0.1) is 0 Å². The van der Waals surface area contributed by atoms with Crippen molar-refractivity contribution in [1.82, 2.24) is 14.1 Å². The third-order valence-corrected chi connectivity index (χ3v) is 9.74. The molecule has 0 aliphatic carbocycles. The van der Waals surface area contributed by atoms with Gasteiger partial charge in [0.1, 0.15) is 0 Å². The fourth-order valence-electron chi connectivity index (χ4n) is 5.87. The van der Waals surface area contributed by atoms with Crippen molar-refractivity contribution in [3.05, 3.63) is 167 Å². The molecule has 0 N–H and O–H groups in total. The van der Waals surface area contributed by atoms with E-state index in [1.807, 2.05) is 31.3 Å². The molecule has 246 valence electrons. The minimum atomic E-state index is -0.0339. The summed E-state index contributed by atoms with van der Waals surface area (Å²) in [4.78, 5) is 6.78. The molecule has 2 aromatic heterocycles. The summed E-state index contributed by atoms with van der Waals surface area (Å²) >= 11 is 2.35. The Hall–Kier alpha value is -5.25. The van der Waals surface area contributed by atoms with Gasteiger partial charge in [-0.25, -0.2) is 0 Å². The summed E-state index contributed by atoms with van der Waals surface area (Å²) in [6, 6.07) is 51.3. The van der Waals surface area contributed by atoms with Gasteiger partial charge < -0.3 is 0 Å². The molecule has 6 heteroatoms. The molecule has 0 saturated carbocycles. The van der Waals surface area contributed by atoms with E-state index < -0.39 is 0 Å². The molecule has 0 saturated heterocycles. The van der Waals surface area contributed by atoms with E-state index in [0.717, 1.165) is 54.4 Å². The van der Waals surface area contributed by atoms with Crippen molar-refractivity contribution in [2.24, 2.45) is 7.05 Å². The molecule has 2 heterocycles. The van der Waals surface area contributed by atoms with Gasteiger partial charge in [-0.2, -0.15) is 0 Å². The van der Waals surface area contributed by atoms with Crippen LogP contribution in [0.3, 0.4) is 0 Å². The first-order chi connectivity index (χ1) is 23.8. The zero-order valence-electron chi connectivity index (χ0n) is 27.9. The fraction of sp³-hybridized carbons (Fsp3) is 0.116. The van der Waals surface area contributed by atoms with E-state index in [9.17, 15) is 0 Å². The molecule has 49 heavy (non-hydrogen) atoms. The molecular weight excluding hydrogens is 784 g/mol. The van der Waals surface area contributed by atoms with Crippen LogP contribution in [0, 0.1) is 15.9 Å². The van der Waals surface area contributed by atoms with Crippen molar-refractivity contribution in [1.29, 1.82) is 0 Å². The van der Waals surface area contributed by atoms with Crippen molar-refractivity contribution in [3.8, 4) is 39.6 Å². The summed E-state index contributed by atoms with van der Waals surface area (Å²) in [5.74, 6) is 1.11. The molecule has 0 spiro atoms. The maximum absolute atomic E-state index is 6.41. The number of benzene rings is 5. The summed E-state index contributed by atoms with van der Waals surface area (Å²) in [7, 11) is 2.05. The van der Waals surface area contributed by atoms with E-state index in [-0.39, 0.29) is 5.41 Å². The Morgan fingerprint density at radius 3 is 1.92 bits per heavy atom. The van der Waals surface area contributed by atoms with Crippen molar-refractivity contribution in [3.63, 3.8) is 0 Å². The quantitative estimate of drug-likeness (QED) is 0.143. The van der Waals surface area contributed by atoms with Crippen molar-refractivity contribution >= 4 is 17.1 Å². The minimum absolute atomic E-state index is 0.0339. The fourth-order valence-corrected chi connectivity index (χ4v) is 6.48. The number of ether oxygens (including phenoxy) is 1. The topological polar surface area (TPSA) is 35.2 Å². The Labute approximate surface area is 299 Å². The van der Waals surface area contributed by atoms with Gasteiger partial charge >= 0.3 is 256 Å². The third-order valence-electron chi connectivity index (χ3n) is 8.40. The Morgan fingerprint density at radius 2 is 1.31 bits per heavy atom. The predicted octanol–water partition coefficient (Wildman–Crippen LogP) is 10.8. The first-order valence-corrected chi connectivity index (χ1v) is 17.3. The molecule has 7 aromatic rings. The number of imidazole rings is 1. The molecular formula is C43H36N4OPt-2. The number of rotatable bonds is 8. The molecule has 0 amide bonds. The molecule has 5 aromatic carbocycles. The van der Waals surface area contributed by atoms with Gasteiger partial charge in [-0.05, 0) is 17.0 Å². The monoisotopic (exact) mass is 819 g/mol. The second kappa shape index (κ2) is 13.7. The van der Waals surface area contributed by atoms with Crippen molar-refractivity contribution in [2.75, 3.05) is 4.90 Å².